The van der Waals surface area contributed by atoms with Crippen LogP contribution in [0.25, 0.3) is 0 Å². The lowest BCUT2D eigenvalue weighted by atomic mass is 10.0. The van der Waals surface area contributed by atoms with E-state index in [9.17, 15) is 23.1 Å². The van der Waals surface area contributed by atoms with Gasteiger partial charge in [-0.2, -0.15) is 4.31 Å². The van der Waals surface area contributed by atoms with Crippen LogP contribution in [0.2, 0.25) is 0 Å². The number of anilines is 1. The van der Waals surface area contributed by atoms with Crippen LogP contribution in [0, 0.1) is 6.92 Å². The molecule has 2 aromatic carbocycles. The predicted molar refractivity (Wildman–Crippen MR) is 161 cm³/mol. The third-order valence-electron chi connectivity index (χ3n) is 7.38. The summed E-state index contributed by atoms with van der Waals surface area (Å²) in [5, 5.41) is 9.97. The summed E-state index contributed by atoms with van der Waals surface area (Å²) in [6.07, 6.45) is 1.81. The van der Waals surface area contributed by atoms with E-state index in [4.69, 9.17) is 0 Å². The van der Waals surface area contributed by atoms with Gasteiger partial charge in [0.2, 0.25) is 15.9 Å². The molecule has 0 aliphatic carbocycles. The fourth-order valence-corrected chi connectivity index (χ4v) is 7.52. The first-order valence-corrected chi connectivity index (χ1v) is 16.1. The Morgan fingerprint density at radius 2 is 1.71 bits per heavy atom. The van der Waals surface area contributed by atoms with Crippen LogP contribution in [0.3, 0.4) is 0 Å². The Labute approximate surface area is 246 Å². The summed E-state index contributed by atoms with van der Waals surface area (Å²) in [4.78, 5) is 33.6. The molecule has 1 aliphatic heterocycles. The van der Waals surface area contributed by atoms with Crippen molar-refractivity contribution in [1.29, 1.82) is 0 Å². The van der Waals surface area contributed by atoms with Gasteiger partial charge in [0.25, 0.3) is 0 Å². The van der Waals surface area contributed by atoms with Gasteiger partial charge < -0.3 is 14.9 Å². The first-order chi connectivity index (χ1) is 19.4. The van der Waals surface area contributed by atoms with E-state index in [0.29, 0.717) is 23.3 Å². The lowest BCUT2D eigenvalue weighted by molar-refractivity contribution is -0.134. The normalized spacial score (nSPS) is 16.2. The molecule has 1 atom stereocenters. The fourth-order valence-electron chi connectivity index (χ4n) is 5.01. The SMILES string of the molecule is CCCc1ccc(S(=O)(=O)N2CCN(c3nc(C)c(C(=O)O)s3)CC2C(=O)N(C)Cc2ccc(C(C)C)cc2)cc1. The summed E-state index contributed by atoms with van der Waals surface area (Å²) in [5.41, 5.74) is 3.60. The standard InChI is InChI=1S/C30H38N4O5S2/c1-6-7-22-10-14-25(15-11-22)41(38,39)34-17-16-33(30-31-21(4)27(40-30)29(36)37)19-26(34)28(35)32(5)18-23-8-12-24(13-9-23)20(2)3/h8-15,20,26H,6-7,16-19H2,1-5H3,(H,36,37). The third-order valence-corrected chi connectivity index (χ3v) is 10.5. The number of likely N-dealkylation sites (N-methyl/N-ethyl adjacent to an activating group) is 1. The van der Waals surface area contributed by atoms with Crippen molar-refractivity contribution in [3.05, 3.63) is 75.8 Å². The van der Waals surface area contributed by atoms with E-state index in [1.54, 1.807) is 31.0 Å². The molecule has 41 heavy (non-hydrogen) atoms. The second-order valence-electron chi connectivity index (χ2n) is 10.8. The molecule has 1 saturated heterocycles. The number of aromatic nitrogens is 1. The molecule has 0 spiro atoms. The van der Waals surface area contributed by atoms with E-state index < -0.39 is 22.0 Å². The lowest BCUT2D eigenvalue weighted by Crippen LogP contribution is -2.60. The molecule has 1 fully saturated rings. The van der Waals surface area contributed by atoms with Crippen molar-refractivity contribution in [1.82, 2.24) is 14.2 Å². The zero-order valence-corrected chi connectivity index (χ0v) is 25.8. The quantitative estimate of drug-likeness (QED) is 0.358. The number of sulfonamides is 1. The molecule has 1 aromatic heterocycles. The largest absolute Gasteiger partial charge is 0.477 e. The molecule has 9 nitrogen and oxygen atoms in total. The molecule has 220 valence electrons. The Morgan fingerprint density at radius 1 is 1.07 bits per heavy atom. The number of aromatic carboxylic acids is 1. The number of aryl methyl sites for hydroxylation is 2. The first-order valence-electron chi connectivity index (χ1n) is 13.8. The minimum atomic E-state index is -3.98. The number of nitrogens with zero attached hydrogens (tertiary/aromatic N) is 4. The van der Waals surface area contributed by atoms with Gasteiger partial charge in [0.05, 0.1) is 10.6 Å². The Kier molecular flexibility index (Phi) is 9.51. The molecule has 1 unspecified atom stereocenters. The van der Waals surface area contributed by atoms with Crippen molar-refractivity contribution >= 4 is 38.4 Å². The van der Waals surface area contributed by atoms with E-state index in [-0.39, 0.29) is 35.3 Å². The predicted octanol–water partition coefficient (Wildman–Crippen LogP) is 4.76. The highest BCUT2D eigenvalue weighted by Gasteiger charge is 2.42. The number of carbonyl (C=O) groups excluding carboxylic acids is 1. The Hall–Kier alpha value is -3.28. The van der Waals surface area contributed by atoms with Crippen LogP contribution in [0.1, 0.15) is 65.2 Å². The third kappa shape index (κ3) is 6.79. The Bertz CT molecular complexity index is 1480. The summed E-state index contributed by atoms with van der Waals surface area (Å²) >= 11 is 1.04. The molecule has 0 radical (unpaired) electrons. The number of thiazole rings is 1. The number of rotatable bonds is 10. The number of piperazine rings is 1. The molecule has 1 N–H and O–H groups in total. The number of carboxylic acids is 1. The summed E-state index contributed by atoms with van der Waals surface area (Å²) in [6, 6.07) is 13.9. The van der Waals surface area contributed by atoms with Crippen molar-refractivity contribution in [3.8, 4) is 0 Å². The zero-order valence-electron chi connectivity index (χ0n) is 24.2. The van der Waals surface area contributed by atoms with Gasteiger partial charge in [0.1, 0.15) is 10.9 Å². The number of carbonyl (C=O) groups is 2. The number of benzene rings is 2. The molecule has 3 aromatic rings. The summed E-state index contributed by atoms with van der Waals surface area (Å²) in [6.45, 7) is 8.68. The van der Waals surface area contributed by atoms with Gasteiger partial charge in [-0.15, -0.1) is 0 Å². The van der Waals surface area contributed by atoms with Crippen LogP contribution in [0.4, 0.5) is 5.13 Å². The van der Waals surface area contributed by atoms with Crippen LogP contribution in [-0.2, 0) is 27.8 Å². The van der Waals surface area contributed by atoms with Crippen LogP contribution >= 0.6 is 11.3 Å². The molecular weight excluding hydrogens is 560 g/mol. The van der Waals surface area contributed by atoms with Gasteiger partial charge in [-0.25, -0.2) is 18.2 Å². The molecule has 1 aliphatic rings. The van der Waals surface area contributed by atoms with Crippen molar-refractivity contribution in [3.63, 3.8) is 0 Å². The van der Waals surface area contributed by atoms with E-state index in [0.717, 1.165) is 35.3 Å². The molecule has 1 amide bonds. The van der Waals surface area contributed by atoms with Gasteiger partial charge in [0, 0.05) is 33.2 Å². The second kappa shape index (κ2) is 12.7. The van der Waals surface area contributed by atoms with Gasteiger partial charge in [-0.1, -0.05) is 74.9 Å². The van der Waals surface area contributed by atoms with Crippen molar-refractivity contribution in [2.45, 2.75) is 63.9 Å². The Morgan fingerprint density at radius 3 is 2.27 bits per heavy atom. The maximum atomic E-state index is 13.9. The van der Waals surface area contributed by atoms with Gasteiger partial charge >= 0.3 is 5.97 Å². The van der Waals surface area contributed by atoms with Gasteiger partial charge in [-0.3, -0.25) is 4.79 Å². The van der Waals surface area contributed by atoms with Crippen LogP contribution in [0.5, 0.6) is 0 Å². The van der Waals surface area contributed by atoms with Crippen molar-refractivity contribution in [2.75, 3.05) is 31.6 Å². The highest BCUT2D eigenvalue weighted by Crippen LogP contribution is 2.31. The fraction of sp³-hybridized carbons (Fsp3) is 0.433. The van der Waals surface area contributed by atoms with E-state index >= 15 is 0 Å². The molecule has 4 rings (SSSR count). The maximum Gasteiger partial charge on any atom is 0.347 e. The molecule has 2 heterocycles. The second-order valence-corrected chi connectivity index (χ2v) is 13.6. The molecule has 11 heteroatoms. The van der Waals surface area contributed by atoms with Crippen molar-refractivity contribution in [2.24, 2.45) is 0 Å². The first kappa shape index (κ1) is 30.7. The van der Waals surface area contributed by atoms with E-state index in [1.807, 2.05) is 41.3 Å². The highest BCUT2D eigenvalue weighted by atomic mass is 32.2. The average Bonchev–Trinajstić information content (AvgIpc) is 3.35. The van der Waals surface area contributed by atoms with Crippen LogP contribution < -0.4 is 4.90 Å². The minimum Gasteiger partial charge on any atom is -0.477 e. The van der Waals surface area contributed by atoms with E-state index in [1.165, 1.54) is 9.87 Å². The lowest BCUT2D eigenvalue weighted by Gasteiger charge is -2.40. The monoisotopic (exact) mass is 598 g/mol. The van der Waals surface area contributed by atoms with Gasteiger partial charge in [0.15, 0.2) is 5.13 Å². The van der Waals surface area contributed by atoms with E-state index in [2.05, 4.69) is 25.8 Å². The van der Waals surface area contributed by atoms with Crippen LogP contribution in [0.15, 0.2) is 53.4 Å². The van der Waals surface area contributed by atoms with Gasteiger partial charge in [-0.05, 0) is 48.1 Å². The van der Waals surface area contributed by atoms with Crippen molar-refractivity contribution < 1.29 is 23.1 Å². The summed E-state index contributed by atoms with van der Waals surface area (Å²) in [5.74, 6) is -1.00. The topological polar surface area (TPSA) is 111 Å². The Balaban J connectivity index is 1.64. The summed E-state index contributed by atoms with van der Waals surface area (Å²) in [7, 11) is -2.30. The molecule has 0 bridgehead atoms. The summed E-state index contributed by atoms with van der Waals surface area (Å²) < 4.78 is 29.1. The zero-order chi connectivity index (χ0) is 29.9. The smallest absolute Gasteiger partial charge is 0.347 e. The molecular formula is C30H38N4O5S2. The number of carboxylic acid groups (broad SMARTS) is 1. The average molecular weight is 599 g/mol. The van der Waals surface area contributed by atoms with Crippen LogP contribution in [-0.4, -0.2) is 72.3 Å². The number of hydrogen-bond donors (Lipinski definition) is 1. The molecule has 0 saturated carbocycles. The maximum absolute atomic E-state index is 13.9. The highest BCUT2D eigenvalue weighted by molar-refractivity contribution is 7.89. The number of hydrogen-bond acceptors (Lipinski definition) is 7. The minimum absolute atomic E-state index is 0.0629. The number of amides is 1.